The molecule has 0 amide bonds. The lowest BCUT2D eigenvalue weighted by Crippen LogP contribution is -2.23. The molecule has 0 radical (unpaired) electrons. The predicted molar refractivity (Wildman–Crippen MR) is 177 cm³/mol. The van der Waals surface area contributed by atoms with Crippen molar-refractivity contribution in [2.45, 2.75) is 26.4 Å². The smallest absolute Gasteiger partial charge is 0.229 e. The van der Waals surface area contributed by atoms with Crippen LogP contribution in [-0.4, -0.2) is 21.3 Å². The van der Waals surface area contributed by atoms with E-state index in [0.717, 1.165) is 40.8 Å². The molecule has 9 heteroatoms. The molecular weight excluding hydrogens is 591 g/mol. The number of sulfonamides is 1. The van der Waals surface area contributed by atoms with Crippen LogP contribution in [0.2, 0.25) is 0 Å². The molecule has 224 valence electrons. The Morgan fingerprint density at radius 3 is 2.18 bits per heavy atom. The highest BCUT2D eigenvalue weighted by molar-refractivity contribution is 7.92. The Morgan fingerprint density at radius 1 is 0.841 bits per heavy atom. The van der Waals surface area contributed by atoms with Gasteiger partial charge in [0.1, 0.15) is 17.2 Å². The second kappa shape index (κ2) is 14.1. The third-order valence-corrected chi connectivity index (χ3v) is 8.46. The second-order valence-electron chi connectivity index (χ2n) is 10.4. The largest absolute Gasteiger partial charge is 0.493 e. The van der Waals surface area contributed by atoms with E-state index < -0.39 is 10.0 Å². The number of nitriles is 1. The van der Waals surface area contributed by atoms with Crippen molar-refractivity contribution >= 4 is 32.7 Å². The van der Waals surface area contributed by atoms with E-state index in [0.29, 0.717) is 42.4 Å². The zero-order chi connectivity index (χ0) is 30.9. The maximum absolute atomic E-state index is 12.0. The molecule has 0 atom stereocenters. The Labute approximate surface area is 263 Å². The van der Waals surface area contributed by atoms with Gasteiger partial charge in [-0.1, -0.05) is 42.5 Å². The average molecular weight is 624 g/mol. The molecule has 0 bridgehead atoms. The van der Waals surface area contributed by atoms with Gasteiger partial charge in [-0.05, 0) is 83.6 Å². The van der Waals surface area contributed by atoms with Gasteiger partial charge in [-0.3, -0.25) is 4.72 Å². The fourth-order valence-electron chi connectivity index (χ4n) is 4.78. The normalized spacial score (nSPS) is 11.0. The highest BCUT2D eigenvalue weighted by atomic mass is 32.2. The first-order valence-corrected chi connectivity index (χ1v) is 16.9. The van der Waals surface area contributed by atoms with Crippen LogP contribution in [0.1, 0.15) is 27.1 Å². The maximum atomic E-state index is 12.0. The molecule has 0 saturated carbocycles. The van der Waals surface area contributed by atoms with Crippen LogP contribution in [0.5, 0.6) is 17.2 Å². The number of hydrogen-bond acceptors (Lipinski definition) is 7. The molecule has 0 fully saturated rings. The Kier molecular flexibility index (Phi) is 9.85. The number of ether oxygens (including phenoxy) is 2. The second-order valence-corrected chi connectivity index (χ2v) is 13.2. The van der Waals surface area contributed by atoms with Crippen LogP contribution in [0.15, 0.2) is 109 Å². The number of nitrogens with zero attached hydrogens (tertiary/aromatic N) is 2. The van der Waals surface area contributed by atoms with E-state index >= 15 is 0 Å². The quantitative estimate of drug-likeness (QED) is 0.143. The van der Waals surface area contributed by atoms with E-state index in [1.165, 1.54) is 4.88 Å². The van der Waals surface area contributed by atoms with Gasteiger partial charge in [0.25, 0.3) is 0 Å². The van der Waals surface area contributed by atoms with Crippen LogP contribution < -0.4 is 19.1 Å². The van der Waals surface area contributed by atoms with Crippen molar-refractivity contribution in [3.8, 4) is 23.3 Å². The summed E-state index contributed by atoms with van der Waals surface area (Å²) in [6, 6.07) is 35.0. The minimum atomic E-state index is -3.44. The van der Waals surface area contributed by atoms with Crippen molar-refractivity contribution < 1.29 is 17.9 Å². The summed E-state index contributed by atoms with van der Waals surface area (Å²) in [6.45, 7) is 3.64. The Hall–Kier alpha value is -4.78. The van der Waals surface area contributed by atoms with Crippen molar-refractivity contribution in [3.63, 3.8) is 0 Å². The summed E-state index contributed by atoms with van der Waals surface area (Å²) in [6.07, 6.45) is 2.01. The van der Waals surface area contributed by atoms with E-state index in [-0.39, 0.29) is 0 Å². The van der Waals surface area contributed by atoms with Crippen LogP contribution in [-0.2, 0) is 29.5 Å². The van der Waals surface area contributed by atoms with Gasteiger partial charge in [0.05, 0.1) is 30.2 Å². The molecule has 5 rings (SSSR count). The summed E-state index contributed by atoms with van der Waals surface area (Å²) in [5, 5.41) is 11.3. The van der Waals surface area contributed by atoms with Crippen LogP contribution in [0.4, 0.5) is 11.4 Å². The highest BCUT2D eigenvalue weighted by Crippen LogP contribution is 2.31. The summed E-state index contributed by atoms with van der Waals surface area (Å²) in [7, 11) is -3.44. The maximum Gasteiger partial charge on any atom is 0.229 e. The number of thiophene rings is 1. The standard InChI is InChI=1S/C35H33N3O4S2/c1-26-34(37-44(2,39)40)9-4-10-35(26)38(24-28-13-11-27(23-36)12-14-28)25-29-15-17-30(18-16-29)42-32-7-3-6-31(22-32)41-20-19-33-8-5-21-43-33/h3-18,21-22,37H,19-20,24-25H2,1-2H3. The van der Waals surface area contributed by atoms with E-state index in [1.54, 1.807) is 29.5 Å². The molecule has 0 aliphatic carbocycles. The van der Waals surface area contributed by atoms with Crippen molar-refractivity contribution in [3.05, 3.63) is 136 Å². The van der Waals surface area contributed by atoms with Crippen LogP contribution >= 0.6 is 11.3 Å². The van der Waals surface area contributed by atoms with Crippen molar-refractivity contribution in [1.82, 2.24) is 0 Å². The van der Waals surface area contributed by atoms with Gasteiger partial charge < -0.3 is 14.4 Å². The third-order valence-electron chi connectivity index (χ3n) is 6.93. The van der Waals surface area contributed by atoms with Crippen LogP contribution in [0, 0.1) is 18.3 Å². The molecule has 0 aliphatic heterocycles. The van der Waals surface area contributed by atoms with Crippen molar-refractivity contribution in [2.75, 3.05) is 22.5 Å². The van der Waals surface area contributed by atoms with E-state index in [4.69, 9.17) is 9.47 Å². The summed E-state index contributed by atoms with van der Waals surface area (Å²) in [5.41, 5.74) is 4.95. The number of nitrogens with one attached hydrogen (secondary N) is 1. The molecule has 0 unspecified atom stereocenters. The third kappa shape index (κ3) is 8.63. The molecule has 4 aromatic carbocycles. The topological polar surface area (TPSA) is 91.7 Å². The van der Waals surface area contributed by atoms with Gasteiger partial charge >= 0.3 is 0 Å². The zero-order valence-corrected chi connectivity index (χ0v) is 26.2. The molecule has 7 nitrogen and oxygen atoms in total. The molecule has 0 saturated heterocycles. The Bertz CT molecular complexity index is 1830. The van der Waals surface area contributed by atoms with Gasteiger partial charge in [-0.2, -0.15) is 5.26 Å². The van der Waals surface area contributed by atoms with Gasteiger partial charge in [-0.25, -0.2) is 8.42 Å². The first-order chi connectivity index (χ1) is 21.3. The number of anilines is 2. The SMILES string of the molecule is Cc1c(NS(C)(=O)=O)cccc1N(Cc1ccc(C#N)cc1)Cc1ccc(Oc2cccc(OCCc3cccs3)c2)cc1. The number of rotatable bonds is 13. The Morgan fingerprint density at radius 2 is 1.52 bits per heavy atom. The molecule has 1 N–H and O–H groups in total. The zero-order valence-electron chi connectivity index (χ0n) is 24.6. The van der Waals surface area contributed by atoms with Crippen LogP contribution in [0.25, 0.3) is 0 Å². The van der Waals surface area contributed by atoms with Crippen molar-refractivity contribution in [1.29, 1.82) is 5.26 Å². The van der Waals surface area contributed by atoms with Crippen LogP contribution in [0.3, 0.4) is 0 Å². The summed E-state index contributed by atoms with van der Waals surface area (Å²) in [5.74, 6) is 2.16. The van der Waals surface area contributed by atoms with E-state index in [1.807, 2.05) is 85.8 Å². The lowest BCUT2D eigenvalue weighted by molar-refractivity contribution is 0.321. The fraction of sp³-hybridized carbons (Fsp3) is 0.171. The predicted octanol–water partition coefficient (Wildman–Crippen LogP) is 7.92. The van der Waals surface area contributed by atoms with Gasteiger partial charge in [0.15, 0.2) is 0 Å². The van der Waals surface area contributed by atoms with E-state index in [2.05, 4.69) is 27.1 Å². The molecule has 0 aliphatic rings. The number of hydrogen-bond donors (Lipinski definition) is 1. The number of benzene rings is 4. The minimum absolute atomic E-state index is 0.538. The molecule has 5 aromatic rings. The summed E-state index contributed by atoms with van der Waals surface area (Å²) in [4.78, 5) is 3.48. The first-order valence-electron chi connectivity index (χ1n) is 14.1. The van der Waals surface area contributed by atoms with Gasteiger partial charge in [-0.15, -0.1) is 11.3 Å². The van der Waals surface area contributed by atoms with E-state index in [9.17, 15) is 13.7 Å². The molecule has 1 aromatic heterocycles. The first kappa shape index (κ1) is 30.7. The highest BCUT2D eigenvalue weighted by Gasteiger charge is 2.15. The average Bonchev–Trinajstić information content (AvgIpc) is 3.53. The van der Waals surface area contributed by atoms with Gasteiger partial charge in [0.2, 0.25) is 10.0 Å². The summed E-state index contributed by atoms with van der Waals surface area (Å²) < 4.78 is 38.7. The molecular formula is C35H33N3O4S2. The molecule has 0 spiro atoms. The van der Waals surface area contributed by atoms with Gasteiger partial charge in [0, 0.05) is 36.1 Å². The summed E-state index contributed by atoms with van der Waals surface area (Å²) >= 11 is 1.73. The fourth-order valence-corrected chi connectivity index (χ4v) is 6.09. The molecule has 44 heavy (non-hydrogen) atoms. The minimum Gasteiger partial charge on any atom is -0.493 e. The Balaban J connectivity index is 1.31. The lowest BCUT2D eigenvalue weighted by atomic mass is 10.1. The monoisotopic (exact) mass is 623 g/mol. The molecule has 1 heterocycles. The lowest BCUT2D eigenvalue weighted by Gasteiger charge is -2.28. The van der Waals surface area contributed by atoms with Crippen molar-refractivity contribution in [2.24, 2.45) is 0 Å².